The van der Waals surface area contributed by atoms with Crippen LogP contribution in [-0.2, 0) is 0 Å². The molecule has 0 aliphatic heterocycles. The molecule has 6 aromatic heterocycles. The molecule has 8 aromatic rings. The van der Waals surface area contributed by atoms with Gasteiger partial charge in [-0.25, -0.2) is 9.97 Å². The molecular formula is C43H35Cl2N5O4S2. The molecule has 0 aliphatic carbocycles. The van der Waals surface area contributed by atoms with Gasteiger partial charge in [-0.1, -0.05) is 72.3 Å². The second-order valence-corrected chi connectivity index (χ2v) is 15.7. The minimum Gasteiger partial charge on any atom is -0.484 e. The maximum absolute atomic E-state index is 12.3. The Balaban J connectivity index is 0.000000172. The lowest BCUT2D eigenvalue weighted by Crippen LogP contribution is -2.12. The number of nitrogens with two attached hydrogens (primary N) is 1. The van der Waals surface area contributed by atoms with E-state index in [-0.39, 0.29) is 18.0 Å². The molecule has 13 heteroatoms. The minimum absolute atomic E-state index is 0.0349. The van der Waals surface area contributed by atoms with Crippen molar-refractivity contribution in [1.29, 1.82) is 0 Å². The minimum atomic E-state index is -0.525. The summed E-state index contributed by atoms with van der Waals surface area (Å²) in [6, 6.07) is 24.7. The number of benzene rings is 2. The number of pyridine rings is 2. The first kappa shape index (κ1) is 38.6. The third kappa shape index (κ3) is 8.12. The Morgan fingerprint density at radius 2 is 1.41 bits per heavy atom. The summed E-state index contributed by atoms with van der Waals surface area (Å²) in [6.07, 6.45) is 8.41. The van der Waals surface area contributed by atoms with Crippen LogP contribution in [0.15, 0.2) is 110 Å². The summed E-state index contributed by atoms with van der Waals surface area (Å²) in [5, 5.41) is 3.22. The van der Waals surface area contributed by atoms with E-state index in [1.807, 2.05) is 105 Å². The number of H-pyrrole nitrogens is 2. The molecule has 1 amide bonds. The van der Waals surface area contributed by atoms with Crippen LogP contribution in [0, 0.1) is 0 Å². The Kier molecular flexibility index (Phi) is 11.4. The average molecular weight is 821 g/mol. The molecular weight excluding hydrogens is 786 g/mol. The number of nitrogens with zero attached hydrogens (tertiary/aromatic N) is 2. The lowest BCUT2D eigenvalue weighted by atomic mass is 10.1. The number of hydrogen-bond acceptors (Lipinski definition) is 8. The lowest BCUT2D eigenvalue weighted by Gasteiger charge is -2.16. The highest BCUT2D eigenvalue weighted by Gasteiger charge is 2.22. The van der Waals surface area contributed by atoms with Gasteiger partial charge in [-0.15, -0.1) is 22.7 Å². The van der Waals surface area contributed by atoms with E-state index in [1.54, 1.807) is 25.4 Å². The van der Waals surface area contributed by atoms with Crippen LogP contribution in [0.2, 0.25) is 10.0 Å². The number of hydrogen-bond donors (Lipinski definition) is 3. The van der Waals surface area contributed by atoms with Crippen molar-refractivity contribution in [3.8, 4) is 32.4 Å². The monoisotopic (exact) mass is 819 g/mol. The zero-order valence-electron chi connectivity index (χ0n) is 30.4. The van der Waals surface area contributed by atoms with E-state index in [1.165, 1.54) is 22.7 Å². The molecule has 0 saturated heterocycles. The van der Waals surface area contributed by atoms with Crippen molar-refractivity contribution in [1.82, 2.24) is 19.9 Å². The number of ketones is 1. The fourth-order valence-corrected chi connectivity index (χ4v) is 8.66. The Labute approximate surface area is 340 Å². The van der Waals surface area contributed by atoms with Crippen LogP contribution in [0.4, 0.5) is 0 Å². The average Bonchev–Trinajstić information content (AvgIpc) is 4.00. The van der Waals surface area contributed by atoms with E-state index in [0.29, 0.717) is 31.3 Å². The maximum atomic E-state index is 12.3. The van der Waals surface area contributed by atoms with Crippen molar-refractivity contribution in [2.45, 2.75) is 33.0 Å². The van der Waals surface area contributed by atoms with E-state index >= 15 is 0 Å². The number of aromatic amines is 2. The first-order valence-corrected chi connectivity index (χ1v) is 19.8. The highest BCUT2D eigenvalue weighted by molar-refractivity contribution is 7.18. The second-order valence-electron chi connectivity index (χ2n) is 12.8. The van der Waals surface area contributed by atoms with Crippen molar-refractivity contribution in [3.05, 3.63) is 147 Å². The van der Waals surface area contributed by atoms with Crippen LogP contribution in [0.5, 0.6) is 11.5 Å². The molecule has 0 radical (unpaired) electrons. The van der Waals surface area contributed by atoms with E-state index in [0.717, 1.165) is 59.6 Å². The lowest BCUT2D eigenvalue weighted by molar-refractivity contribution is 0.0993. The molecule has 0 aliphatic rings. The summed E-state index contributed by atoms with van der Waals surface area (Å²) in [5.74, 6) is 0.451. The number of nitrogens with one attached hydrogen (secondary N) is 2. The molecule has 56 heavy (non-hydrogen) atoms. The molecule has 2 aromatic carbocycles. The summed E-state index contributed by atoms with van der Waals surface area (Å²) >= 11 is 15.3. The number of halogens is 2. The molecule has 0 spiro atoms. The van der Waals surface area contributed by atoms with Gasteiger partial charge >= 0.3 is 0 Å². The number of thiophene rings is 2. The predicted octanol–water partition coefficient (Wildman–Crippen LogP) is 12.1. The van der Waals surface area contributed by atoms with Crippen LogP contribution in [0.3, 0.4) is 0 Å². The van der Waals surface area contributed by atoms with Gasteiger partial charge < -0.3 is 25.2 Å². The number of aromatic nitrogens is 4. The van der Waals surface area contributed by atoms with Crippen molar-refractivity contribution in [3.63, 3.8) is 0 Å². The maximum Gasteiger partial charge on any atom is 0.262 e. The van der Waals surface area contributed by atoms with Gasteiger partial charge in [-0.2, -0.15) is 0 Å². The van der Waals surface area contributed by atoms with Crippen LogP contribution in [-0.4, -0.2) is 31.6 Å². The summed E-state index contributed by atoms with van der Waals surface area (Å²) in [4.78, 5) is 42.0. The first-order chi connectivity index (χ1) is 27.0. The standard InChI is InChI=1S/C23H19ClN2O2S.C20H16ClN3O2S/c1-4-15-9-17-18(12-26-23(17)25-11-15)21-10-20(22(29-21)13(2)27)28-14(3)16-7-5-6-8-19(16)24;1-11(14-4-2-3-5-15(14)21)26-16-9-17(27-18(16)19(22)25)13-8-12-6-7-23-20(12)24-10-13/h4-12,14H,1H2,2-3H3,(H,25,26);2-11H,1H3,(H2,22,25)(H,23,24). The Hall–Kier alpha value is -5.72. The van der Waals surface area contributed by atoms with Crippen LogP contribution >= 0.6 is 45.9 Å². The molecule has 0 bridgehead atoms. The highest BCUT2D eigenvalue weighted by Crippen LogP contribution is 2.42. The van der Waals surface area contributed by atoms with Gasteiger partial charge in [0.05, 0.1) is 0 Å². The summed E-state index contributed by atoms with van der Waals surface area (Å²) in [6.45, 7) is 9.17. The smallest absolute Gasteiger partial charge is 0.262 e. The SMILES string of the molecule is C=Cc1cnc2[nH]cc(-c3cc(OC(C)c4ccccc4Cl)c(C(C)=O)s3)c2c1.CC(Oc1cc(-c2cnc3[nH]ccc3c2)sc1C(N)=O)c1ccccc1Cl. The molecule has 282 valence electrons. The topological polar surface area (TPSA) is 136 Å². The van der Waals surface area contributed by atoms with Crippen molar-refractivity contribution in [2.24, 2.45) is 5.73 Å². The van der Waals surface area contributed by atoms with Gasteiger partial charge in [-0.05, 0) is 61.9 Å². The van der Waals surface area contributed by atoms with E-state index in [2.05, 4.69) is 26.5 Å². The van der Waals surface area contributed by atoms with Crippen LogP contribution < -0.4 is 15.2 Å². The van der Waals surface area contributed by atoms with E-state index in [9.17, 15) is 9.59 Å². The largest absolute Gasteiger partial charge is 0.484 e. The van der Waals surface area contributed by atoms with Crippen molar-refractivity contribution in [2.75, 3.05) is 0 Å². The van der Waals surface area contributed by atoms with Crippen molar-refractivity contribution < 1.29 is 19.1 Å². The number of carbonyl (C=O) groups is 2. The van der Waals surface area contributed by atoms with Gasteiger partial charge in [0.2, 0.25) is 0 Å². The van der Waals surface area contributed by atoms with Gasteiger partial charge in [0.1, 0.15) is 44.8 Å². The van der Waals surface area contributed by atoms with E-state index in [4.69, 9.17) is 38.4 Å². The highest BCUT2D eigenvalue weighted by atomic mass is 35.5. The number of fused-ring (bicyclic) bond motifs is 2. The number of ether oxygens (including phenoxy) is 2. The normalized spacial score (nSPS) is 12.2. The fourth-order valence-electron chi connectivity index (χ4n) is 6.14. The Morgan fingerprint density at radius 3 is 2.04 bits per heavy atom. The zero-order chi connectivity index (χ0) is 39.5. The van der Waals surface area contributed by atoms with Crippen LogP contribution in [0.1, 0.15) is 69.0 Å². The number of primary amides is 1. The molecule has 6 heterocycles. The van der Waals surface area contributed by atoms with Gasteiger partial charge in [0, 0.05) is 84.5 Å². The van der Waals surface area contributed by atoms with Gasteiger partial charge in [0.15, 0.2) is 5.78 Å². The molecule has 4 N–H and O–H groups in total. The number of Topliss-reactive ketones (excluding diaryl/α,β-unsaturated/α-hetero) is 1. The molecule has 0 fully saturated rings. The molecule has 9 nitrogen and oxygen atoms in total. The fraction of sp³-hybridized carbons (Fsp3) is 0.116. The van der Waals surface area contributed by atoms with Gasteiger partial charge in [-0.3, -0.25) is 9.59 Å². The predicted molar refractivity (Wildman–Crippen MR) is 228 cm³/mol. The number of amides is 1. The molecule has 0 saturated carbocycles. The molecule has 2 unspecified atom stereocenters. The van der Waals surface area contributed by atoms with Crippen LogP contribution in [0.25, 0.3) is 49.0 Å². The Bertz CT molecular complexity index is 2730. The first-order valence-electron chi connectivity index (χ1n) is 17.4. The number of carbonyl (C=O) groups excluding carboxylic acids is 2. The zero-order valence-corrected chi connectivity index (χ0v) is 33.6. The summed E-state index contributed by atoms with van der Waals surface area (Å²) in [5.41, 5.74) is 11.7. The third-order valence-electron chi connectivity index (χ3n) is 8.97. The molecule has 2 atom stereocenters. The van der Waals surface area contributed by atoms with E-state index < -0.39 is 5.91 Å². The number of rotatable bonds is 11. The molecule has 8 rings (SSSR count). The quantitative estimate of drug-likeness (QED) is 0.111. The van der Waals surface area contributed by atoms with Gasteiger partial charge in [0.25, 0.3) is 5.91 Å². The second kappa shape index (κ2) is 16.6. The third-order valence-corrected chi connectivity index (χ3v) is 12.1. The van der Waals surface area contributed by atoms with Crippen molar-refractivity contribution >= 4 is 85.7 Å². The Morgan fingerprint density at radius 1 is 0.804 bits per heavy atom. The summed E-state index contributed by atoms with van der Waals surface area (Å²) < 4.78 is 12.2. The summed E-state index contributed by atoms with van der Waals surface area (Å²) in [7, 11) is 0.